The fourth-order valence-electron chi connectivity index (χ4n) is 5.04. The zero-order chi connectivity index (χ0) is 21.4. The SMILES string of the molecule is C[C@@H]1CCC[C@H](C)N1CCCNC(=O)c1cc2c(=O)n(C)c3ccccc3c2n1C. The molecule has 1 aliphatic rings. The van der Waals surface area contributed by atoms with Crippen molar-refractivity contribution >= 4 is 27.7 Å². The van der Waals surface area contributed by atoms with Gasteiger partial charge in [0.25, 0.3) is 11.5 Å². The van der Waals surface area contributed by atoms with Crippen LogP contribution >= 0.6 is 0 Å². The lowest BCUT2D eigenvalue weighted by molar-refractivity contribution is 0.0919. The van der Waals surface area contributed by atoms with Crippen molar-refractivity contribution in [2.24, 2.45) is 14.1 Å². The highest BCUT2D eigenvalue weighted by Crippen LogP contribution is 2.25. The van der Waals surface area contributed by atoms with Gasteiger partial charge in [0, 0.05) is 44.7 Å². The van der Waals surface area contributed by atoms with Gasteiger partial charge < -0.3 is 14.5 Å². The summed E-state index contributed by atoms with van der Waals surface area (Å²) < 4.78 is 3.50. The van der Waals surface area contributed by atoms with Gasteiger partial charge in [0.15, 0.2) is 0 Å². The quantitative estimate of drug-likeness (QED) is 0.658. The van der Waals surface area contributed by atoms with Crippen LogP contribution in [0.4, 0.5) is 0 Å². The lowest BCUT2D eigenvalue weighted by Crippen LogP contribution is -2.44. The number of likely N-dealkylation sites (tertiary alicyclic amines) is 1. The number of aryl methyl sites for hydroxylation is 2. The fraction of sp³-hybridized carbons (Fsp3) is 0.500. The topological polar surface area (TPSA) is 59.3 Å². The molecule has 1 aromatic carbocycles. The number of pyridine rings is 1. The summed E-state index contributed by atoms with van der Waals surface area (Å²) in [7, 11) is 3.64. The van der Waals surface area contributed by atoms with Crippen LogP contribution in [0.2, 0.25) is 0 Å². The molecule has 1 amide bonds. The van der Waals surface area contributed by atoms with Crippen LogP contribution in [0, 0.1) is 0 Å². The normalized spacial score (nSPS) is 20.1. The van der Waals surface area contributed by atoms with Gasteiger partial charge >= 0.3 is 0 Å². The number of carbonyl (C=O) groups excluding carboxylic acids is 1. The van der Waals surface area contributed by atoms with Crippen LogP contribution in [0.15, 0.2) is 35.1 Å². The highest BCUT2D eigenvalue weighted by Gasteiger charge is 2.24. The van der Waals surface area contributed by atoms with E-state index in [-0.39, 0.29) is 11.5 Å². The largest absolute Gasteiger partial charge is 0.351 e. The highest BCUT2D eigenvalue weighted by atomic mass is 16.2. The van der Waals surface area contributed by atoms with Crippen LogP contribution in [0.25, 0.3) is 21.8 Å². The van der Waals surface area contributed by atoms with E-state index >= 15 is 0 Å². The smallest absolute Gasteiger partial charge is 0.267 e. The Morgan fingerprint density at radius 2 is 1.77 bits per heavy atom. The van der Waals surface area contributed by atoms with Gasteiger partial charge in [0.05, 0.1) is 16.4 Å². The zero-order valence-electron chi connectivity index (χ0n) is 18.4. The molecule has 0 spiro atoms. The molecule has 3 heterocycles. The maximum atomic E-state index is 12.9. The van der Waals surface area contributed by atoms with E-state index in [2.05, 4.69) is 24.1 Å². The maximum Gasteiger partial charge on any atom is 0.267 e. The van der Waals surface area contributed by atoms with Gasteiger partial charge in [0.1, 0.15) is 5.69 Å². The van der Waals surface area contributed by atoms with Crippen LogP contribution in [-0.2, 0) is 14.1 Å². The molecule has 1 aliphatic heterocycles. The Balaban J connectivity index is 1.51. The molecule has 0 radical (unpaired) electrons. The molecule has 2 atom stereocenters. The molecular formula is C24H32N4O2. The van der Waals surface area contributed by atoms with Crippen LogP contribution in [-0.4, -0.2) is 45.1 Å². The van der Waals surface area contributed by atoms with E-state index in [1.807, 2.05) is 35.9 Å². The third-order valence-corrected chi connectivity index (χ3v) is 6.78. The lowest BCUT2D eigenvalue weighted by Gasteiger charge is -2.39. The summed E-state index contributed by atoms with van der Waals surface area (Å²) in [6.07, 6.45) is 4.75. The summed E-state index contributed by atoms with van der Waals surface area (Å²) in [6, 6.07) is 10.8. The second-order valence-electron chi connectivity index (χ2n) is 8.71. The van der Waals surface area contributed by atoms with Crippen LogP contribution in [0.5, 0.6) is 0 Å². The molecule has 1 fully saturated rings. The average molecular weight is 409 g/mol. The molecule has 0 bridgehead atoms. The average Bonchev–Trinajstić information content (AvgIpc) is 3.08. The molecule has 6 heteroatoms. The molecule has 6 nitrogen and oxygen atoms in total. The number of benzene rings is 1. The lowest BCUT2D eigenvalue weighted by atomic mass is 9.97. The van der Waals surface area contributed by atoms with Crippen molar-refractivity contribution in [1.29, 1.82) is 0 Å². The first-order valence-corrected chi connectivity index (χ1v) is 11.0. The Morgan fingerprint density at radius 3 is 2.50 bits per heavy atom. The number of fused-ring (bicyclic) bond motifs is 3. The fourth-order valence-corrected chi connectivity index (χ4v) is 5.04. The van der Waals surface area contributed by atoms with Gasteiger partial charge in [-0.2, -0.15) is 0 Å². The Kier molecular flexibility index (Phi) is 5.69. The van der Waals surface area contributed by atoms with Crippen molar-refractivity contribution in [3.63, 3.8) is 0 Å². The third kappa shape index (κ3) is 3.54. The standard InChI is InChI=1S/C24H32N4O2/c1-16-9-7-10-17(2)28(16)14-8-13-25-23(29)21-15-19-22(26(21)3)18-11-5-6-12-20(18)27(4)24(19)30/h5-6,11-12,15-17H,7-10,13-14H2,1-4H3,(H,25,29)/t16-,17+. The molecule has 0 unspecified atom stereocenters. The van der Waals surface area contributed by atoms with E-state index in [1.54, 1.807) is 17.7 Å². The second kappa shape index (κ2) is 8.26. The van der Waals surface area contributed by atoms with E-state index in [4.69, 9.17) is 0 Å². The Hall–Kier alpha value is -2.60. The van der Waals surface area contributed by atoms with E-state index in [1.165, 1.54) is 19.3 Å². The van der Waals surface area contributed by atoms with Gasteiger partial charge in [-0.25, -0.2) is 0 Å². The number of hydrogen-bond acceptors (Lipinski definition) is 3. The number of rotatable bonds is 5. The zero-order valence-corrected chi connectivity index (χ0v) is 18.4. The van der Waals surface area contributed by atoms with Crippen molar-refractivity contribution < 1.29 is 4.79 Å². The number of nitrogens with zero attached hydrogens (tertiary/aromatic N) is 3. The summed E-state index contributed by atoms with van der Waals surface area (Å²) in [6.45, 7) is 6.24. The minimum atomic E-state index is -0.125. The summed E-state index contributed by atoms with van der Waals surface area (Å²) >= 11 is 0. The van der Waals surface area contributed by atoms with E-state index < -0.39 is 0 Å². The molecule has 30 heavy (non-hydrogen) atoms. The van der Waals surface area contributed by atoms with Crippen molar-refractivity contribution in [3.8, 4) is 0 Å². The Labute approximate surface area is 177 Å². The van der Waals surface area contributed by atoms with Crippen LogP contribution < -0.4 is 10.9 Å². The summed E-state index contributed by atoms with van der Waals surface area (Å²) in [5.41, 5.74) is 2.13. The van der Waals surface area contributed by atoms with E-state index in [0.29, 0.717) is 29.7 Å². The first-order chi connectivity index (χ1) is 14.4. The summed E-state index contributed by atoms with van der Waals surface area (Å²) in [5.74, 6) is -0.125. The number of amides is 1. The van der Waals surface area contributed by atoms with Gasteiger partial charge in [-0.15, -0.1) is 0 Å². The van der Waals surface area contributed by atoms with Gasteiger partial charge in [-0.3, -0.25) is 14.5 Å². The highest BCUT2D eigenvalue weighted by molar-refractivity contribution is 6.08. The van der Waals surface area contributed by atoms with Crippen molar-refractivity contribution in [2.45, 2.75) is 51.6 Å². The number of aromatic nitrogens is 2. The molecule has 1 saturated heterocycles. The molecule has 2 aromatic heterocycles. The number of carbonyl (C=O) groups is 1. The molecule has 1 N–H and O–H groups in total. The van der Waals surface area contributed by atoms with Gasteiger partial charge in [-0.05, 0) is 45.2 Å². The molecule has 0 saturated carbocycles. The van der Waals surface area contributed by atoms with Crippen molar-refractivity contribution in [3.05, 3.63) is 46.4 Å². The summed E-state index contributed by atoms with van der Waals surface area (Å²) in [4.78, 5) is 28.3. The van der Waals surface area contributed by atoms with E-state index in [9.17, 15) is 9.59 Å². The molecular weight excluding hydrogens is 376 g/mol. The second-order valence-corrected chi connectivity index (χ2v) is 8.71. The van der Waals surface area contributed by atoms with Crippen molar-refractivity contribution in [1.82, 2.24) is 19.4 Å². The van der Waals surface area contributed by atoms with Gasteiger partial charge in [-0.1, -0.05) is 24.6 Å². The third-order valence-electron chi connectivity index (χ3n) is 6.78. The minimum absolute atomic E-state index is 0.0774. The number of hydrogen-bond donors (Lipinski definition) is 1. The number of para-hydroxylation sites is 1. The first-order valence-electron chi connectivity index (χ1n) is 11.0. The van der Waals surface area contributed by atoms with Crippen LogP contribution in [0.1, 0.15) is 50.0 Å². The van der Waals surface area contributed by atoms with Gasteiger partial charge in [0.2, 0.25) is 0 Å². The molecule has 3 aromatic rings. The first kappa shape index (κ1) is 20.7. The molecule has 0 aliphatic carbocycles. The maximum absolute atomic E-state index is 12.9. The van der Waals surface area contributed by atoms with E-state index in [0.717, 1.165) is 29.4 Å². The predicted octanol–water partition coefficient (Wildman–Crippen LogP) is 3.41. The Bertz CT molecular complexity index is 1130. The Morgan fingerprint density at radius 1 is 1.07 bits per heavy atom. The minimum Gasteiger partial charge on any atom is -0.351 e. The monoisotopic (exact) mass is 408 g/mol. The molecule has 4 rings (SSSR count). The van der Waals surface area contributed by atoms with Crippen LogP contribution in [0.3, 0.4) is 0 Å². The number of piperidine rings is 1. The number of nitrogens with one attached hydrogen (secondary N) is 1. The molecule has 160 valence electrons. The predicted molar refractivity (Wildman–Crippen MR) is 122 cm³/mol. The van der Waals surface area contributed by atoms with Crippen molar-refractivity contribution in [2.75, 3.05) is 13.1 Å². The summed E-state index contributed by atoms with van der Waals surface area (Å²) in [5, 5.41) is 4.62.